The highest BCUT2D eigenvalue weighted by atomic mass is 16.2. The van der Waals surface area contributed by atoms with Crippen LogP contribution >= 0.6 is 0 Å². The van der Waals surface area contributed by atoms with Crippen LogP contribution in [0.25, 0.3) is 0 Å². The number of benzene rings is 1. The highest BCUT2D eigenvalue weighted by Gasteiger charge is 2.39. The fourth-order valence-corrected chi connectivity index (χ4v) is 2.58. The standard InChI is InChI=1S/C15H18N2O2/c1-5-8-17-14-10(3)7-6-9(2)12(14)13(15(17)19)16-11(4)18/h5-7,13H,1,8H2,2-4H3,(H,16,18)/t13-/m0/s1. The lowest BCUT2D eigenvalue weighted by molar-refractivity contribution is -0.126. The van der Waals surface area contributed by atoms with E-state index in [0.29, 0.717) is 6.54 Å². The molecule has 1 N–H and O–H groups in total. The number of aryl methyl sites for hydroxylation is 2. The first kappa shape index (κ1) is 13.3. The monoisotopic (exact) mass is 258 g/mol. The predicted octanol–water partition coefficient (Wildman–Crippen LogP) is 2.01. The summed E-state index contributed by atoms with van der Waals surface area (Å²) < 4.78 is 0. The second-order valence-corrected chi connectivity index (χ2v) is 4.83. The van der Waals surface area contributed by atoms with Gasteiger partial charge in [-0.05, 0) is 25.0 Å². The summed E-state index contributed by atoms with van der Waals surface area (Å²) in [5.74, 6) is -0.298. The van der Waals surface area contributed by atoms with E-state index in [4.69, 9.17) is 0 Å². The number of carbonyl (C=O) groups is 2. The molecule has 1 aromatic carbocycles. The van der Waals surface area contributed by atoms with Crippen LogP contribution in [0, 0.1) is 13.8 Å². The molecule has 0 saturated heterocycles. The number of hydrogen-bond donors (Lipinski definition) is 1. The smallest absolute Gasteiger partial charge is 0.254 e. The fourth-order valence-electron chi connectivity index (χ4n) is 2.58. The minimum atomic E-state index is -0.577. The van der Waals surface area contributed by atoms with Gasteiger partial charge in [-0.1, -0.05) is 18.2 Å². The van der Waals surface area contributed by atoms with Crippen molar-refractivity contribution < 1.29 is 9.59 Å². The highest BCUT2D eigenvalue weighted by molar-refractivity contribution is 6.07. The molecule has 0 fully saturated rings. The fraction of sp³-hybridized carbons (Fsp3) is 0.333. The van der Waals surface area contributed by atoms with Gasteiger partial charge >= 0.3 is 0 Å². The molecule has 19 heavy (non-hydrogen) atoms. The Morgan fingerprint density at radius 2 is 2.05 bits per heavy atom. The molecule has 1 aliphatic heterocycles. The Balaban J connectivity index is 2.59. The van der Waals surface area contributed by atoms with Crippen molar-refractivity contribution in [3.63, 3.8) is 0 Å². The zero-order valence-electron chi connectivity index (χ0n) is 11.5. The molecule has 0 aliphatic carbocycles. The van der Waals surface area contributed by atoms with Crippen LogP contribution in [-0.4, -0.2) is 18.4 Å². The van der Waals surface area contributed by atoms with Crippen LogP contribution < -0.4 is 10.2 Å². The van der Waals surface area contributed by atoms with Crippen molar-refractivity contribution >= 4 is 17.5 Å². The maximum atomic E-state index is 12.5. The summed E-state index contributed by atoms with van der Waals surface area (Å²) in [5, 5.41) is 2.74. The van der Waals surface area contributed by atoms with Crippen LogP contribution in [0.1, 0.15) is 29.7 Å². The summed E-state index contributed by atoms with van der Waals surface area (Å²) in [6, 6.07) is 3.40. The van der Waals surface area contributed by atoms with Gasteiger partial charge in [0.1, 0.15) is 6.04 Å². The van der Waals surface area contributed by atoms with E-state index >= 15 is 0 Å². The van der Waals surface area contributed by atoms with E-state index < -0.39 is 6.04 Å². The lowest BCUT2D eigenvalue weighted by Gasteiger charge is -2.17. The van der Waals surface area contributed by atoms with E-state index in [1.807, 2.05) is 26.0 Å². The van der Waals surface area contributed by atoms with Crippen LogP contribution in [0.2, 0.25) is 0 Å². The van der Waals surface area contributed by atoms with E-state index in [0.717, 1.165) is 22.4 Å². The topological polar surface area (TPSA) is 49.4 Å². The van der Waals surface area contributed by atoms with Crippen LogP contribution in [0.3, 0.4) is 0 Å². The third kappa shape index (κ3) is 2.14. The van der Waals surface area contributed by atoms with Gasteiger partial charge in [-0.3, -0.25) is 9.59 Å². The average molecular weight is 258 g/mol. The molecule has 0 spiro atoms. The second-order valence-electron chi connectivity index (χ2n) is 4.83. The summed E-state index contributed by atoms with van der Waals surface area (Å²) in [6.45, 7) is 9.49. The van der Waals surface area contributed by atoms with Crippen LogP contribution in [0.5, 0.6) is 0 Å². The van der Waals surface area contributed by atoms with Crippen molar-refractivity contribution in [1.82, 2.24) is 5.32 Å². The van der Waals surface area contributed by atoms with Crippen LogP contribution in [0.15, 0.2) is 24.8 Å². The first-order chi connectivity index (χ1) is 8.97. The van der Waals surface area contributed by atoms with Gasteiger partial charge in [0.15, 0.2) is 0 Å². The molecule has 1 aliphatic rings. The average Bonchev–Trinajstić information content (AvgIpc) is 2.60. The molecule has 0 radical (unpaired) electrons. The number of nitrogens with one attached hydrogen (secondary N) is 1. The van der Waals surface area contributed by atoms with Gasteiger partial charge in [-0.15, -0.1) is 6.58 Å². The van der Waals surface area contributed by atoms with E-state index in [9.17, 15) is 9.59 Å². The molecule has 0 aromatic heterocycles. The van der Waals surface area contributed by atoms with Gasteiger partial charge in [-0.2, -0.15) is 0 Å². The van der Waals surface area contributed by atoms with Crippen molar-refractivity contribution in [1.29, 1.82) is 0 Å². The van der Waals surface area contributed by atoms with Crippen LogP contribution in [-0.2, 0) is 9.59 Å². The molecular formula is C15H18N2O2. The summed E-state index contributed by atoms with van der Waals surface area (Å²) in [5.41, 5.74) is 3.86. The van der Waals surface area contributed by atoms with E-state index in [-0.39, 0.29) is 11.8 Å². The Hall–Kier alpha value is -2.10. The van der Waals surface area contributed by atoms with Crippen LogP contribution in [0.4, 0.5) is 5.69 Å². The molecule has 0 saturated carbocycles. The van der Waals surface area contributed by atoms with Crippen molar-refractivity contribution in [2.24, 2.45) is 0 Å². The number of amides is 2. The first-order valence-corrected chi connectivity index (χ1v) is 6.26. The molecule has 4 heteroatoms. The van der Waals surface area contributed by atoms with Crippen molar-refractivity contribution in [2.45, 2.75) is 26.8 Å². The lowest BCUT2D eigenvalue weighted by Crippen LogP contribution is -2.36. The Morgan fingerprint density at radius 1 is 1.42 bits per heavy atom. The first-order valence-electron chi connectivity index (χ1n) is 6.26. The number of anilines is 1. The molecule has 2 rings (SSSR count). The third-order valence-electron chi connectivity index (χ3n) is 3.37. The van der Waals surface area contributed by atoms with Crippen molar-refractivity contribution in [3.05, 3.63) is 41.5 Å². The van der Waals surface area contributed by atoms with E-state index in [1.54, 1.807) is 11.0 Å². The minimum absolute atomic E-state index is 0.0949. The predicted molar refractivity (Wildman–Crippen MR) is 75.0 cm³/mol. The highest BCUT2D eigenvalue weighted by Crippen LogP contribution is 2.40. The number of rotatable bonds is 3. The van der Waals surface area contributed by atoms with E-state index in [2.05, 4.69) is 11.9 Å². The zero-order valence-corrected chi connectivity index (χ0v) is 11.5. The maximum Gasteiger partial charge on any atom is 0.254 e. The van der Waals surface area contributed by atoms with E-state index in [1.165, 1.54) is 6.92 Å². The van der Waals surface area contributed by atoms with Crippen molar-refractivity contribution in [3.8, 4) is 0 Å². The minimum Gasteiger partial charge on any atom is -0.341 e. The molecule has 0 unspecified atom stereocenters. The van der Waals surface area contributed by atoms with Gasteiger partial charge in [0.25, 0.3) is 5.91 Å². The third-order valence-corrected chi connectivity index (χ3v) is 3.37. The maximum absolute atomic E-state index is 12.5. The normalized spacial score (nSPS) is 17.3. The quantitative estimate of drug-likeness (QED) is 0.843. The molecule has 100 valence electrons. The second kappa shape index (κ2) is 4.88. The van der Waals surface area contributed by atoms with Gasteiger partial charge in [0, 0.05) is 19.0 Å². The molecule has 1 heterocycles. The zero-order chi connectivity index (χ0) is 14.2. The van der Waals surface area contributed by atoms with Gasteiger partial charge in [0.2, 0.25) is 5.91 Å². The number of fused-ring (bicyclic) bond motifs is 1. The van der Waals surface area contributed by atoms with Gasteiger partial charge in [-0.25, -0.2) is 0 Å². The molecule has 4 nitrogen and oxygen atoms in total. The van der Waals surface area contributed by atoms with Gasteiger partial charge < -0.3 is 10.2 Å². The Bertz CT molecular complexity index is 564. The Kier molecular flexibility index (Phi) is 3.42. The van der Waals surface area contributed by atoms with Gasteiger partial charge in [0.05, 0.1) is 5.69 Å². The molecule has 2 amide bonds. The number of hydrogen-bond acceptors (Lipinski definition) is 2. The summed E-state index contributed by atoms with van der Waals surface area (Å²) in [6.07, 6.45) is 1.69. The molecule has 1 atom stereocenters. The SMILES string of the molecule is C=CCN1C(=O)[C@@H](NC(C)=O)c2c(C)ccc(C)c21. The Labute approximate surface area is 113 Å². The summed E-state index contributed by atoms with van der Waals surface area (Å²) >= 11 is 0. The molecular weight excluding hydrogens is 240 g/mol. The molecule has 1 aromatic rings. The largest absolute Gasteiger partial charge is 0.341 e. The summed E-state index contributed by atoms with van der Waals surface area (Å²) in [7, 11) is 0. The number of nitrogens with zero attached hydrogens (tertiary/aromatic N) is 1. The number of carbonyl (C=O) groups excluding carboxylic acids is 2. The lowest BCUT2D eigenvalue weighted by atomic mass is 9.99. The Morgan fingerprint density at radius 3 is 2.63 bits per heavy atom. The van der Waals surface area contributed by atoms with Crippen molar-refractivity contribution in [2.75, 3.05) is 11.4 Å². The summed E-state index contributed by atoms with van der Waals surface area (Å²) in [4.78, 5) is 25.5. The molecule has 0 bridgehead atoms.